The molecule has 0 radical (unpaired) electrons. The van der Waals surface area contributed by atoms with Gasteiger partial charge in [0.25, 0.3) is 11.6 Å². The topological polar surface area (TPSA) is 125 Å². The Morgan fingerprint density at radius 1 is 1.10 bits per heavy atom. The number of ether oxygens (including phenoxy) is 2. The molecule has 1 N–H and O–H groups in total. The summed E-state index contributed by atoms with van der Waals surface area (Å²) in [4.78, 5) is 46.1. The first kappa shape index (κ1) is 22.5. The number of Topliss-reactive ketones (excluding diaryl/α,β-unsaturated/α-hetero) is 1. The fourth-order valence-corrected chi connectivity index (χ4v) is 2.42. The molecule has 0 aliphatic carbocycles. The average Bonchev–Trinajstić information content (AvgIpc) is 2.72. The second kappa shape index (κ2) is 10.6. The molecule has 0 heterocycles. The molecule has 9 nitrogen and oxygen atoms in total. The van der Waals surface area contributed by atoms with Crippen molar-refractivity contribution < 1.29 is 33.2 Å². The number of nitrogens with one attached hydrogen (secondary N) is 1. The van der Waals surface area contributed by atoms with Crippen LogP contribution in [0.15, 0.2) is 42.5 Å². The van der Waals surface area contributed by atoms with Crippen LogP contribution in [0.5, 0.6) is 5.75 Å². The number of anilines is 1. The lowest BCUT2D eigenvalue weighted by atomic mass is 10.1. The van der Waals surface area contributed by atoms with Crippen LogP contribution in [0.2, 0.25) is 0 Å². The van der Waals surface area contributed by atoms with Gasteiger partial charge in [0.1, 0.15) is 17.3 Å². The first-order valence-electron chi connectivity index (χ1n) is 8.95. The Morgan fingerprint density at radius 3 is 2.43 bits per heavy atom. The molecule has 0 saturated heterocycles. The third kappa shape index (κ3) is 6.66. The standard InChI is InChI=1S/C20H19FN2O7/c1-2-29-15-7-8-16(17(11-15)23(27)28)22-19(25)12-30-20(26)10-9-18(24)13-3-5-14(21)6-4-13/h3-8,11H,2,9-10,12H2,1H3,(H,22,25). The molecular weight excluding hydrogens is 399 g/mol. The third-order valence-corrected chi connectivity index (χ3v) is 3.84. The normalized spacial score (nSPS) is 10.2. The number of benzene rings is 2. The minimum atomic E-state index is -0.790. The van der Waals surface area contributed by atoms with Crippen LogP contribution < -0.4 is 10.1 Å². The molecule has 0 unspecified atom stereocenters. The lowest BCUT2D eigenvalue weighted by Gasteiger charge is -2.09. The summed E-state index contributed by atoms with van der Waals surface area (Å²) in [6.07, 6.45) is -0.441. The van der Waals surface area contributed by atoms with E-state index < -0.39 is 29.2 Å². The minimum Gasteiger partial charge on any atom is -0.494 e. The number of hydrogen-bond donors (Lipinski definition) is 1. The highest BCUT2D eigenvalue weighted by Crippen LogP contribution is 2.29. The quantitative estimate of drug-likeness (QED) is 0.272. The van der Waals surface area contributed by atoms with Gasteiger partial charge < -0.3 is 14.8 Å². The third-order valence-electron chi connectivity index (χ3n) is 3.84. The fraction of sp³-hybridized carbons (Fsp3) is 0.250. The van der Waals surface area contributed by atoms with Gasteiger partial charge >= 0.3 is 5.97 Å². The van der Waals surface area contributed by atoms with Crippen LogP contribution >= 0.6 is 0 Å². The van der Waals surface area contributed by atoms with Crippen LogP contribution in [0.4, 0.5) is 15.8 Å². The molecule has 0 fully saturated rings. The van der Waals surface area contributed by atoms with Gasteiger partial charge in [0, 0.05) is 12.0 Å². The summed E-state index contributed by atoms with van der Waals surface area (Å²) < 4.78 is 22.8. The van der Waals surface area contributed by atoms with Crippen molar-refractivity contribution >= 4 is 29.0 Å². The zero-order valence-corrected chi connectivity index (χ0v) is 16.1. The molecule has 158 valence electrons. The van der Waals surface area contributed by atoms with Gasteiger partial charge in [-0.15, -0.1) is 0 Å². The number of ketones is 1. The maximum absolute atomic E-state index is 12.9. The predicted octanol–water partition coefficient (Wildman–Crippen LogP) is 3.28. The van der Waals surface area contributed by atoms with Crippen LogP contribution in [0, 0.1) is 15.9 Å². The van der Waals surface area contributed by atoms with Crippen molar-refractivity contribution in [2.75, 3.05) is 18.5 Å². The number of nitro benzene ring substituents is 1. The number of halogens is 1. The van der Waals surface area contributed by atoms with E-state index in [4.69, 9.17) is 9.47 Å². The average molecular weight is 418 g/mol. The molecular formula is C20H19FN2O7. The first-order chi connectivity index (χ1) is 14.3. The van der Waals surface area contributed by atoms with Crippen molar-refractivity contribution in [2.24, 2.45) is 0 Å². The van der Waals surface area contributed by atoms with E-state index in [-0.39, 0.29) is 41.3 Å². The van der Waals surface area contributed by atoms with Crippen LogP contribution in [-0.4, -0.2) is 35.8 Å². The molecule has 2 aromatic rings. The smallest absolute Gasteiger partial charge is 0.306 e. The molecule has 2 rings (SSSR count). The molecule has 2 aromatic carbocycles. The lowest BCUT2D eigenvalue weighted by Crippen LogP contribution is -2.21. The lowest BCUT2D eigenvalue weighted by molar-refractivity contribution is -0.384. The van der Waals surface area contributed by atoms with E-state index in [0.717, 1.165) is 12.1 Å². The maximum Gasteiger partial charge on any atom is 0.306 e. The summed E-state index contributed by atoms with van der Waals surface area (Å²) in [5.74, 6) is -2.15. The van der Waals surface area contributed by atoms with Gasteiger partial charge in [0.2, 0.25) is 0 Å². The predicted molar refractivity (Wildman–Crippen MR) is 104 cm³/mol. The van der Waals surface area contributed by atoms with E-state index in [1.54, 1.807) is 6.92 Å². The van der Waals surface area contributed by atoms with Crippen molar-refractivity contribution in [1.29, 1.82) is 0 Å². The van der Waals surface area contributed by atoms with E-state index in [1.165, 1.54) is 30.3 Å². The highest BCUT2D eigenvalue weighted by atomic mass is 19.1. The van der Waals surface area contributed by atoms with Crippen LogP contribution in [-0.2, 0) is 14.3 Å². The Bertz CT molecular complexity index is 945. The Kier molecular flexibility index (Phi) is 7.98. The number of nitrogens with zero attached hydrogens (tertiary/aromatic N) is 1. The zero-order valence-electron chi connectivity index (χ0n) is 16.1. The summed E-state index contributed by atoms with van der Waals surface area (Å²) in [7, 11) is 0. The van der Waals surface area contributed by atoms with Gasteiger partial charge in [-0.2, -0.15) is 0 Å². The summed E-state index contributed by atoms with van der Waals surface area (Å²) >= 11 is 0. The molecule has 30 heavy (non-hydrogen) atoms. The number of nitro groups is 1. The van der Waals surface area contributed by atoms with E-state index in [2.05, 4.69) is 5.32 Å². The monoisotopic (exact) mass is 418 g/mol. The van der Waals surface area contributed by atoms with Crippen molar-refractivity contribution in [3.63, 3.8) is 0 Å². The van der Waals surface area contributed by atoms with E-state index in [1.807, 2.05) is 0 Å². The number of carbonyl (C=O) groups is 3. The van der Waals surface area contributed by atoms with E-state index >= 15 is 0 Å². The molecule has 1 amide bonds. The summed E-state index contributed by atoms with van der Waals surface area (Å²) in [6, 6.07) is 8.82. The Labute approximate surface area is 170 Å². The number of esters is 1. The largest absolute Gasteiger partial charge is 0.494 e. The Hall–Kier alpha value is -3.82. The van der Waals surface area contributed by atoms with Gasteiger partial charge in [-0.25, -0.2) is 4.39 Å². The highest BCUT2D eigenvalue weighted by molar-refractivity contribution is 5.98. The van der Waals surface area contributed by atoms with Crippen molar-refractivity contribution in [3.05, 3.63) is 64.0 Å². The van der Waals surface area contributed by atoms with Crippen molar-refractivity contribution in [1.82, 2.24) is 0 Å². The second-order valence-corrected chi connectivity index (χ2v) is 6.01. The van der Waals surface area contributed by atoms with E-state index in [0.29, 0.717) is 6.61 Å². The maximum atomic E-state index is 12.9. The van der Waals surface area contributed by atoms with Gasteiger partial charge in [-0.3, -0.25) is 24.5 Å². The van der Waals surface area contributed by atoms with Gasteiger partial charge in [0.15, 0.2) is 12.4 Å². The summed E-state index contributed by atoms with van der Waals surface area (Å²) in [6.45, 7) is 1.37. The molecule has 0 aliphatic heterocycles. The molecule has 10 heteroatoms. The number of carbonyl (C=O) groups excluding carboxylic acids is 3. The molecule has 0 aromatic heterocycles. The number of rotatable bonds is 10. The molecule has 0 aliphatic rings. The van der Waals surface area contributed by atoms with Crippen LogP contribution in [0.3, 0.4) is 0 Å². The zero-order chi connectivity index (χ0) is 22.1. The molecule has 0 spiro atoms. The van der Waals surface area contributed by atoms with Crippen molar-refractivity contribution in [3.8, 4) is 5.75 Å². The summed E-state index contributed by atoms with van der Waals surface area (Å²) in [5.41, 5.74) is -0.189. The van der Waals surface area contributed by atoms with Gasteiger partial charge in [-0.05, 0) is 43.3 Å². The molecule has 0 saturated carbocycles. The fourth-order valence-electron chi connectivity index (χ4n) is 2.42. The minimum absolute atomic E-state index is 0.0732. The molecule has 0 bridgehead atoms. The van der Waals surface area contributed by atoms with Crippen LogP contribution in [0.25, 0.3) is 0 Å². The number of hydrogen-bond acceptors (Lipinski definition) is 7. The van der Waals surface area contributed by atoms with E-state index in [9.17, 15) is 28.9 Å². The summed E-state index contributed by atoms with van der Waals surface area (Å²) in [5, 5.41) is 13.5. The van der Waals surface area contributed by atoms with Gasteiger partial charge in [-0.1, -0.05) is 0 Å². The highest BCUT2D eigenvalue weighted by Gasteiger charge is 2.18. The second-order valence-electron chi connectivity index (χ2n) is 6.01. The SMILES string of the molecule is CCOc1ccc(NC(=O)COC(=O)CCC(=O)c2ccc(F)cc2)c([N+](=O)[O-])c1. The van der Waals surface area contributed by atoms with Crippen molar-refractivity contribution in [2.45, 2.75) is 19.8 Å². The Morgan fingerprint density at radius 2 is 1.80 bits per heavy atom. The first-order valence-corrected chi connectivity index (χ1v) is 8.95. The van der Waals surface area contributed by atoms with Gasteiger partial charge in [0.05, 0.1) is 24.0 Å². The van der Waals surface area contributed by atoms with Crippen LogP contribution in [0.1, 0.15) is 30.1 Å². The molecule has 0 atom stereocenters. The number of amides is 1. The Balaban J connectivity index is 1.84.